The van der Waals surface area contributed by atoms with Crippen LogP contribution in [0.5, 0.6) is 0 Å². The van der Waals surface area contributed by atoms with Crippen LogP contribution in [0.15, 0.2) is 18.2 Å². The molecule has 2 N–H and O–H groups in total. The van der Waals surface area contributed by atoms with Crippen LogP contribution in [0.2, 0.25) is 5.02 Å². The van der Waals surface area contributed by atoms with Gasteiger partial charge < -0.3 is 10.4 Å². The first kappa shape index (κ1) is 17.4. The minimum Gasteiger partial charge on any atom is -0.481 e. The molecule has 2 unspecified atom stereocenters. The van der Waals surface area contributed by atoms with Gasteiger partial charge >= 0.3 is 5.97 Å². The van der Waals surface area contributed by atoms with Gasteiger partial charge in [-0.05, 0) is 24.1 Å². The van der Waals surface area contributed by atoms with E-state index in [1.54, 1.807) is 6.92 Å². The number of carbonyl (C=O) groups is 2. The molecule has 1 rings (SSSR count). The van der Waals surface area contributed by atoms with E-state index >= 15 is 0 Å². The molecule has 1 amide bonds. The molecule has 0 aliphatic heterocycles. The Morgan fingerprint density at radius 3 is 2.62 bits per heavy atom. The molecular formula is C15H19ClFNO3. The van der Waals surface area contributed by atoms with Crippen LogP contribution in [0, 0.1) is 11.7 Å². The maximum Gasteiger partial charge on any atom is 0.305 e. The highest BCUT2D eigenvalue weighted by molar-refractivity contribution is 6.30. The SMILES string of the molecule is CCCC(C)C(=O)NC(CC(=O)O)c1ccc(Cl)c(F)c1. The van der Waals surface area contributed by atoms with E-state index < -0.39 is 17.8 Å². The smallest absolute Gasteiger partial charge is 0.305 e. The van der Waals surface area contributed by atoms with Gasteiger partial charge in [0.1, 0.15) is 5.82 Å². The number of aliphatic carboxylic acids is 1. The molecule has 2 atom stereocenters. The fraction of sp³-hybridized carbons (Fsp3) is 0.467. The van der Waals surface area contributed by atoms with Crippen molar-refractivity contribution in [3.8, 4) is 0 Å². The lowest BCUT2D eigenvalue weighted by atomic mass is 10.0. The molecule has 21 heavy (non-hydrogen) atoms. The lowest BCUT2D eigenvalue weighted by Crippen LogP contribution is -2.34. The third-order valence-electron chi connectivity index (χ3n) is 3.21. The Morgan fingerprint density at radius 2 is 2.10 bits per heavy atom. The van der Waals surface area contributed by atoms with Crippen molar-refractivity contribution in [1.82, 2.24) is 5.32 Å². The summed E-state index contributed by atoms with van der Waals surface area (Å²) in [6.07, 6.45) is 1.25. The van der Waals surface area contributed by atoms with Crippen LogP contribution in [-0.2, 0) is 9.59 Å². The third-order valence-corrected chi connectivity index (χ3v) is 3.52. The van der Waals surface area contributed by atoms with Gasteiger partial charge in [0, 0.05) is 5.92 Å². The fourth-order valence-electron chi connectivity index (χ4n) is 2.03. The highest BCUT2D eigenvalue weighted by Crippen LogP contribution is 2.23. The number of hydrogen-bond acceptors (Lipinski definition) is 2. The van der Waals surface area contributed by atoms with Crippen LogP contribution < -0.4 is 5.32 Å². The molecule has 0 saturated carbocycles. The second-order valence-electron chi connectivity index (χ2n) is 5.02. The summed E-state index contributed by atoms with van der Waals surface area (Å²) in [6.45, 7) is 3.74. The van der Waals surface area contributed by atoms with Gasteiger partial charge in [-0.15, -0.1) is 0 Å². The van der Waals surface area contributed by atoms with Crippen LogP contribution >= 0.6 is 11.6 Å². The largest absolute Gasteiger partial charge is 0.481 e. The van der Waals surface area contributed by atoms with Crippen molar-refractivity contribution in [2.24, 2.45) is 5.92 Å². The van der Waals surface area contributed by atoms with Crippen molar-refractivity contribution >= 4 is 23.5 Å². The van der Waals surface area contributed by atoms with Gasteiger partial charge in [0.15, 0.2) is 0 Å². The molecule has 6 heteroatoms. The predicted octanol–water partition coefficient (Wildman–Crippen LogP) is 3.55. The monoisotopic (exact) mass is 315 g/mol. The first-order valence-corrected chi connectivity index (χ1v) is 7.20. The average molecular weight is 316 g/mol. The van der Waals surface area contributed by atoms with Crippen LogP contribution in [0.4, 0.5) is 4.39 Å². The fourth-order valence-corrected chi connectivity index (χ4v) is 2.15. The van der Waals surface area contributed by atoms with Crippen LogP contribution in [0.25, 0.3) is 0 Å². The van der Waals surface area contributed by atoms with Crippen molar-refractivity contribution in [3.05, 3.63) is 34.6 Å². The van der Waals surface area contributed by atoms with Gasteiger partial charge in [-0.2, -0.15) is 0 Å². The van der Waals surface area contributed by atoms with E-state index in [-0.39, 0.29) is 23.3 Å². The molecule has 0 spiro atoms. The molecule has 116 valence electrons. The second kappa shape index (κ2) is 7.98. The van der Waals surface area contributed by atoms with Gasteiger partial charge in [0.25, 0.3) is 0 Å². The number of hydrogen-bond donors (Lipinski definition) is 2. The zero-order chi connectivity index (χ0) is 16.0. The third kappa shape index (κ3) is 5.34. The summed E-state index contributed by atoms with van der Waals surface area (Å²) in [6, 6.07) is 3.24. The van der Waals surface area contributed by atoms with Crippen molar-refractivity contribution in [2.45, 2.75) is 39.2 Å². The second-order valence-corrected chi connectivity index (χ2v) is 5.43. The zero-order valence-corrected chi connectivity index (χ0v) is 12.8. The minimum absolute atomic E-state index is 0.0431. The molecule has 0 saturated heterocycles. The highest BCUT2D eigenvalue weighted by atomic mass is 35.5. The molecule has 0 heterocycles. The van der Waals surface area contributed by atoms with Crippen LogP contribution in [0.3, 0.4) is 0 Å². The molecule has 0 radical (unpaired) electrons. The first-order valence-electron chi connectivity index (χ1n) is 6.82. The van der Waals surface area contributed by atoms with Crippen molar-refractivity contribution in [1.29, 1.82) is 0 Å². The van der Waals surface area contributed by atoms with Gasteiger partial charge in [-0.3, -0.25) is 9.59 Å². The summed E-state index contributed by atoms with van der Waals surface area (Å²) < 4.78 is 13.5. The molecular weight excluding hydrogens is 297 g/mol. The lowest BCUT2D eigenvalue weighted by Gasteiger charge is -2.20. The van der Waals surface area contributed by atoms with Crippen molar-refractivity contribution in [3.63, 3.8) is 0 Å². The molecule has 0 aliphatic rings. The van der Waals surface area contributed by atoms with Crippen LogP contribution in [-0.4, -0.2) is 17.0 Å². The number of rotatable bonds is 7. The quantitative estimate of drug-likeness (QED) is 0.808. The van der Waals surface area contributed by atoms with Gasteiger partial charge in [-0.25, -0.2) is 4.39 Å². The van der Waals surface area contributed by atoms with E-state index in [9.17, 15) is 14.0 Å². The number of carbonyl (C=O) groups excluding carboxylic acids is 1. The van der Waals surface area contributed by atoms with E-state index in [4.69, 9.17) is 16.7 Å². The predicted molar refractivity (Wildman–Crippen MR) is 78.6 cm³/mol. The Balaban J connectivity index is 2.92. The summed E-state index contributed by atoms with van der Waals surface area (Å²) in [5.74, 6) is -2.17. The van der Waals surface area contributed by atoms with E-state index in [1.807, 2.05) is 6.92 Å². The number of halogens is 2. The summed E-state index contributed by atoms with van der Waals surface area (Å²) in [5.41, 5.74) is 0.386. The average Bonchev–Trinajstić information content (AvgIpc) is 2.40. The Kier molecular flexibility index (Phi) is 6.62. The Hall–Kier alpha value is -1.62. The number of carboxylic acid groups (broad SMARTS) is 1. The Morgan fingerprint density at radius 1 is 1.43 bits per heavy atom. The number of carboxylic acids is 1. The highest BCUT2D eigenvalue weighted by Gasteiger charge is 2.21. The molecule has 0 bridgehead atoms. The molecule has 1 aromatic rings. The number of amides is 1. The summed E-state index contributed by atoms with van der Waals surface area (Å²) in [4.78, 5) is 23.0. The normalized spacial score (nSPS) is 13.5. The van der Waals surface area contributed by atoms with Crippen molar-refractivity contribution < 1.29 is 19.1 Å². The Labute approximate surface area is 128 Å². The summed E-state index contributed by atoms with van der Waals surface area (Å²) >= 11 is 5.61. The van der Waals surface area contributed by atoms with Gasteiger partial charge in [0.2, 0.25) is 5.91 Å². The minimum atomic E-state index is -1.07. The zero-order valence-electron chi connectivity index (χ0n) is 12.0. The molecule has 0 fully saturated rings. The maximum absolute atomic E-state index is 13.5. The molecule has 0 aliphatic carbocycles. The number of nitrogens with one attached hydrogen (secondary N) is 1. The van der Waals surface area contributed by atoms with E-state index in [1.165, 1.54) is 12.1 Å². The van der Waals surface area contributed by atoms with E-state index in [2.05, 4.69) is 5.32 Å². The summed E-state index contributed by atoms with van der Waals surface area (Å²) in [5, 5.41) is 11.6. The topological polar surface area (TPSA) is 66.4 Å². The van der Waals surface area contributed by atoms with Crippen LogP contribution in [0.1, 0.15) is 44.7 Å². The Bertz CT molecular complexity index is 522. The standard InChI is InChI=1S/C15H19ClFNO3/c1-3-4-9(2)15(21)18-13(8-14(19)20)10-5-6-11(16)12(17)7-10/h5-7,9,13H,3-4,8H2,1-2H3,(H,18,21)(H,19,20). The van der Waals surface area contributed by atoms with Crippen molar-refractivity contribution in [2.75, 3.05) is 0 Å². The molecule has 4 nitrogen and oxygen atoms in total. The summed E-state index contributed by atoms with van der Waals surface area (Å²) in [7, 11) is 0. The molecule has 1 aromatic carbocycles. The number of benzene rings is 1. The maximum atomic E-state index is 13.5. The van der Waals surface area contributed by atoms with Gasteiger partial charge in [0.05, 0.1) is 17.5 Å². The first-order chi connectivity index (χ1) is 9.85. The molecule has 0 aromatic heterocycles. The van der Waals surface area contributed by atoms with E-state index in [0.717, 1.165) is 12.5 Å². The lowest BCUT2D eigenvalue weighted by molar-refractivity contribution is -0.138. The van der Waals surface area contributed by atoms with E-state index in [0.29, 0.717) is 12.0 Å². The van der Waals surface area contributed by atoms with Gasteiger partial charge in [-0.1, -0.05) is 37.9 Å².